The van der Waals surface area contributed by atoms with Crippen LogP contribution in [-0.2, 0) is 9.47 Å². The summed E-state index contributed by atoms with van der Waals surface area (Å²) in [5, 5.41) is 7.99. The lowest BCUT2D eigenvalue weighted by molar-refractivity contribution is -0.00822. The van der Waals surface area contributed by atoms with E-state index in [9.17, 15) is 0 Å². The molecule has 0 aromatic carbocycles. The van der Waals surface area contributed by atoms with Crippen molar-refractivity contribution in [3.05, 3.63) is 0 Å². The number of methoxy groups -OCH3 is 2. The van der Waals surface area contributed by atoms with Crippen LogP contribution in [-0.4, -0.2) is 25.7 Å². The lowest BCUT2D eigenvalue weighted by Crippen LogP contribution is -2.23. The van der Waals surface area contributed by atoms with Gasteiger partial charge in [0.1, 0.15) is 0 Å². The molecule has 12 heavy (non-hydrogen) atoms. The van der Waals surface area contributed by atoms with E-state index in [0.29, 0.717) is 0 Å². The molecule has 0 aromatic heterocycles. The average molecular weight is 174 g/mol. The molecule has 0 aliphatic heterocycles. The summed E-state index contributed by atoms with van der Waals surface area (Å²) >= 11 is 0. The maximum atomic E-state index is 5.06. The number of azo groups is 1. The Morgan fingerprint density at radius 2 is 1.00 bits per heavy atom. The highest BCUT2D eigenvalue weighted by atomic mass is 16.5. The van der Waals surface area contributed by atoms with Crippen LogP contribution in [0.3, 0.4) is 0 Å². The first-order valence-corrected chi connectivity index (χ1v) is 3.87. The van der Waals surface area contributed by atoms with E-state index in [-0.39, 0.29) is 0 Å². The zero-order valence-corrected chi connectivity index (χ0v) is 8.71. The third-order valence-corrected chi connectivity index (χ3v) is 1.53. The summed E-state index contributed by atoms with van der Waals surface area (Å²) in [5.41, 5.74) is -1.15. The zero-order valence-electron chi connectivity index (χ0n) is 8.71. The van der Waals surface area contributed by atoms with E-state index in [1.54, 1.807) is 14.2 Å². The van der Waals surface area contributed by atoms with Crippen LogP contribution in [0.5, 0.6) is 0 Å². The molecule has 0 saturated heterocycles. The Morgan fingerprint density at radius 1 is 0.750 bits per heavy atom. The Bertz CT molecular complexity index is 146. The fourth-order valence-corrected chi connectivity index (χ4v) is 0.322. The SMILES string of the molecule is COC(C)(C)/N=N/C(C)(C)OC. The van der Waals surface area contributed by atoms with E-state index in [0.717, 1.165) is 0 Å². The summed E-state index contributed by atoms with van der Waals surface area (Å²) in [6.07, 6.45) is 0. The van der Waals surface area contributed by atoms with Crippen LogP contribution in [0.15, 0.2) is 10.2 Å². The van der Waals surface area contributed by atoms with Crippen molar-refractivity contribution in [2.75, 3.05) is 14.2 Å². The summed E-state index contributed by atoms with van der Waals surface area (Å²) < 4.78 is 10.1. The first-order valence-electron chi connectivity index (χ1n) is 3.87. The standard InChI is InChI=1S/C8H18N2O2/c1-7(2,11-5)9-10-8(3,4)12-6/h1-6H3/b10-9+. The van der Waals surface area contributed by atoms with Crippen molar-refractivity contribution in [1.29, 1.82) is 0 Å². The van der Waals surface area contributed by atoms with E-state index >= 15 is 0 Å². The minimum Gasteiger partial charge on any atom is -0.356 e. The van der Waals surface area contributed by atoms with Crippen molar-refractivity contribution in [3.63, 3.8) is 0 Å². The molecule has 0 aliphatic rings. The van der Waals surface area contributed by atoms with Crippen LogP contribution in [0.25, 0.3) is 0 Å². The molecule has 0 atom stereocenters. The number of nitrogens with zero attached hydrogens (tertiary/aromatic N) is 2. The lowest BCUT2D eigenvalue weighted by atomic mass is 10.3. The highest BCUT2D eigenvalue weighted by molar-refractivity contribution is 4.66. The molecule has 4 nitrogen and oxygen atoms in total. The van der Waals surface area contributed by atoms with Gasteiger partial charge >= 0.3 is 0 Å². The molecule has 0 aliphatic carbocycles. The quantitative estimate of drug-likeness (QED) is 0.613. The van der Waals surface area contributed by atoms with Gasteiger partial charge in [0.2, 0.25) is 0 Å². The van der Waals surface area contributed by atoms with Crippen molar-refractivity contribution >= 4 is 0 Å². The molecule has 0 aromatic rings. The van der Waals surface area contributed by atoms with Gasteiger partial charge in [0.05, 0.1) is 0 Å². The first-order chi connectivity index (χ1) is 5.33. The first kappa shape index (κ1) is 11.5. The number of rotatable bonds is 4. The minimum absolute atomic E-state index is 0.574. The zero-order chi connectivity index (χ0) is 9.83. The van der Waals surface area contributed by atoms with E-state index in [2.05, 4.69) is 10.2 Å². The van der Waals surface area contributed by atoms with Gasteiger partial charge in [-0.1, -0.05) is 0 Å². The number of ether oxygens (including phenoxy) is 2. The predicted octanol–water partition coefficient (Wildman–Crippen LogP) is 2.20. The van der Waals surface area contributed by atoms with E-state index in [1.165, 1.54) is 0 Å². The highest BCUT2D eigenvalue weighted by Crippen LogP contribution is 2.15. The van der Waals surface area contributed by atoms with Crippen molar-refractivity contribution in [1.82, 2.24) is 0 Å². The maximum Gasteiger partial charge on any atom is 0.173 e. The second kappa shape index (κ2) is 3.96. The monoisotopic (exact) mass is 174 g/mol. The Balaban J connectivity index is 4.23. The van der Waals surface area contributed by atoms with Gasteiger partial charge in [0.15, 0.2) is 11.4 Å². The summed E-state index contributed by atoms with van der Waals surface area (Å²) in [7, 11) is 3.19. The Hall–Kier alpha value is -0.480. The summed E-state index contributed by atoms with van der Waals surface area (Å²) in [6, 6.07) is 0. The second-order valence-electron chi connectivity index (χ2n) is 3.50. The van der Waals surface area contributed by atoms with Gasteiger partial charge < -0.3 is 9.47 Å². The van der Waals surface area contributed by atoms with Crippen molar-refractivity contribution in [2.45, 2.75) is 39.1 Å². The van der Waals surface area contributed by atoms with Crippen LogP contribution in [0.1, 0.15) is 27.7 Å². The lowest BCUT2D eigenvalue weighted by Gasteiger charge is -2.20. The fraction of sp³-hybridized carbons (Fsp3) is 1.00. The van der Waals surface area contributed by atoms with E-state index in [4.69, 9.17) is 9.47 Å². The van der Waals surface area contributed by atoms with E-state index in [1.807, 2.05) is 27.7 Å². The van der Waals surface area contributed by atoms with Gasteiger partial charge in [-0.3, -0.25) is 0 Å². The van der Waals surface area contributed by atoms with Gasteiger partial charge in [-0.2, -0.15) is 10.2 Å². The summed E-state index contributed by atoms with van der Waals surface area (Å²) in [4.78, 5) is 0. The smallest absolute Gasteiger partial charge is 0.173 e. The predicted molar refractivity (Wildman–Crippen MR) is 47.0 cm³/mol. The molecule has 0 rings (SSSR count). The second-order valence-corrected chi connectivity index (χ2v) is 3.50. The molecule has 0 N–H and O–H groups in total. The van der Waals surface area contributed by atoms with Gasteiger partial charge in [-0.05, 0) is 27.7 Å². The molecular formula is C8H18N2O2. The largest absolute Gasteiger partial charge is 0.356 e. The summed E-state index contributed by atoms with van der Waals surface area (Å²) in [5.74, 6) is 0. The minimum atomic E-state index is -0.574. The maximum absolute atomic E-state index is 5.06. The van der Waals surface area contributed by atoms with Crippen LogP contribution in [0.4, 0.5) is 0 Å². The third kappa shape index (κ3) is 4.41. The van der Waals surface area contributed by atoms with Crippen molar-refractivity contribution in [2.24, 2.45) is 10.2 Å². The molecule has 0 heterocycles. The van der Waals surface area contributed by atoms with Gasteiger partial charge in [-0.25, -0.2) is 0 Å². The third-order valence-electron chi connectivity index (χ3n) is 1.53. The number of hydrogen-bond acceptors (Lipinski definition) is 4. The average Bonchev–Trinajstić information content (AvgIpc) is 2.02. The Morgan fingerprint density at radius 3 is 1.17 bits per heavy atom. The molecular weight excluding hydrogens is 156 g/mol. The molecule has 0 fully saturated rings. The normalized spacial score (nSPS) is 14.2. The summed E-state index contributed by atoms with van der Waals surface area (Å²) in [6.45, 7) is 7.34. The molecule has 0 radical (unpaired) electrons. The topological polar surface area (TPSA) is 43.2 Å². The Kier molecular flexibility index (Phi) is 3.80. The van der Waals surface area contributed by atoms with Crippen LogP contribution in [0, 0.1) is 0 Å². The van der Waals surface area contributed by atoms with Crippen LogP contribution < -0.4 is 0 Å². The van der Waals surface area contributed by atoms with E-state index < -0.39 is 11.4 Å². The van der Waals surface area contributed by atoms with Crippen LogP contribution >= 0.6 is 0 Å². The molecule has 72 valence electrons. The van der Waals surface area contributed by atoms with Gasteiger partial charge in [0, 0.05) is 14.2 Å². The molecule has 0 amide bonds. The number of hydrogen-bond donors (Lipinski definition) is 0. The highest BCUT2D eigenvalue weighted by Gasteiger charge is 2.19. The van der Waals surface area contributed by atoms with Crippen LogP contribution in [0.2, 0.25) is 0 Å². The Labute approximate surface area is 74.0 Å². The molecule has 0 saturated carbocycles. The van der Waals surface area contributed by atoms with Crippen molar-refractivity contribution in [3.8, 4) is 0 Å². The molecule has 0 bridgehead atoms. The molecule has 0 spiro atoms. The van der Waals surface area contributed by atoms with Gasteiger partial charge in [0.25, 0.3) is 0 Å². The molecule has 0 unspecified atom stereocenters. The molecule has 4 heteroatoms. The fourth-order valence-electron chi connectivity index (χ4n) is 0.322. The van der Waals surface area contributed by atoms with Crippen molar-refractivity contribution < 1.29 is 9.47 Å². The van der Waals surface area contributed by atoms with Gasteiger partial charge in [-0.15, -0.1) is 0 Å².